The Morgan fingerprint density at radius 3 is 2.88 bits per heavy atom. The van der Waals surface area contributed by atoms with Gasteiger partial charge in [0.1, 0.15) is 0 Å². The molecular formula is C18H25N5O. The summed E-state index contributed by atoms with van der Waals surface area (Å²) in [6.45, 7) is 7.80. The van der Waals surface area contributed by atoms with Crippen LogP contribution in [0.4, 0.5) is 0 Å². The number of ether oxygens (including phenoxy) is 1. The Morgan fingerprint density at radius 2 is 2.04 bits per heavy atom. The molecule has 0 spiro atoms. The van der Waals surface area contributed by atoms with E-state index in [0.717, 1.165) is 58.9 Å². The first-order valence-electron chi connectivity index (χ1n) is 8.82. The van der Waals surface area contributed by atoms with E-state index < -0.39 is 0 Å². The summed E-state index contributed by atoms with van der Waals surface area (Å²) < 4.78 is 7.66. The van der Waals surface area contributed by atoms with Crippen LogP contribution in [0.15, 0.2) is 36.8 Å². The highest BCUT2D eigenvalue weighted by atomic mass is 16.5. The number of nitrogens with zero attached hydrogens (tertiary/aromatic N) is 5. The molecule has 0 aromatic carbocycles. The van der Waals surface area contributed by atoms with Gasteiger partial charge in [-0.25, -0.2) is 0 Å². The molecule has 0 bridgehead atoms. The summed E-state index contributed by atoms with van der Waals surface area (Å²) in [5.41, 5.74) is 2.58. The minimum absolute atomic E-state index is 0.532. The standard InChI is InChI=1S/C18H25N5O/c1-2-16(12-19-5-1)13-22-15-18-3-6-20-23(18)7-4-17(22)14-21-8-10-24-11-9-21/h1-3,5-6,12,17H,4,7-11,13-15H2/t17-/m0/s1. The molecule has 1 atom stereocenters. The smallest absolute Gasteiger partial charge is 0.0594 e. The second kappa shape index (κ2) is 7.42. The fourth-order valence-corrected chi connectivity index (χ4v) is 3.69. The third kappa shape index (κ3) is 3.66. The van der Waals surface area contributed by atoms with Gasteiger partial charge in [0.25, 0.3) is 0 Å². The van der Waals surface area contributed by atoms with Gasteiger partial charge >= 0.3 is 0 Å². The highest BCUT2D eigenvalue weighted by molar-refractivity contribution is 5.10. The maximum atomic E-state index is 5.50. The van der Waals surface area contributed by atoms with Crippen molar-refractivity contribution in [3.8, 4) is 0 Å². The first-order valence-corrected chi connectivity index (χ1v) is 8.82. The third-order valence-electron chi connectivity index (χ3n) is 5.04. The van der Waals surface area contributed by atoms with E-state index in [1.165, 1.54) is 11.3 Å². The van der Waals surface area contributed by atoms with Crippen LogP contribution in [-0.2, 0) is 24.4 Å². The number of hydrogen-bond acceptors (Lipinski definition) is 5. The van der Waals surface area contributed by atoms with E-state index in [9.17, 15) is 0 Å². The second-order valence-corrected chi connectivity index (χ2v) is 6.67. The van der Waals surface area contributed by atoms with Crippen molar-refractivity contribution < 1.29 is 4.74 Å². The van der Waals surface area contributed by atoms with Crippen LogP contribution >= 0.6 is 0 Å². The summed E-state index contributed by atoms with van der Waals surface area (Å²) in [5, 5.41) is 4.48. The maximum Gasteiger partial charge on any atom is 0.0594 e. The van der Waals surface area contributed by atoms with Gasteiger partial charge in [0.05, 0.1) is 18.9 Å². The molecule has 128 valence electrons. The highest BCUT2D eigenvalue weighted by Gasteiger charge is 2.26. The van der Waals surface area contributed by atoms with E-state index in [0.29, 0.717) is 6.04 Å². The number of aromatic nitrogens is 3. The zero-order chi connectivity index (χ0) is 16.2. The summed E-state index contributed by atoms with van der Waals surface area (Å²) in [6.07, 6.45) is 6.87. The van der Waals surface area contributed by atoms with Crippen molar-refractivity contribution in [2.24, 2.45) is 0 Å². The van der Waals surface area contributed by atoms with Gasteiger partial charge in [-0.2, -0.15) is 5.10 Å². The molecule has 0 saturated carbocycles. The van der Waals surface area contributed by atoms with Gasteiger partial charge in [-0.05, 0) is 24.1 Å². The zero-order valence-electron chi connectivity index (χ0n) is 14.0. The molecule has 4 heterocycles. The minimum Gasteiger partial charge on any atom is -0.379 e. The van der Waals surface area contributed by atoms with E-state index in [1.807, 2.05) is 24.7 Å². The van der Waals surface area contributed by atoms with Crippen LogP contribution in [0.25, 0.3) is 0 Å². The molecule has 2 aromatic rings. The van der Waals surface area contributed by atoms with Crippen molar-refractivity contribution >= 4 is 0 Å². The summed E-state index contributed by atoms with van der Waals surface area (Å²) in [4.78, 5) is 9.41. The summed E-state index contributed by atoms with van der Waals surface area (Å²) in [7, 11) is 0. The van der Waals surface area contributed by atoms with E-state index in [2.05, 4.69) is 36.7 Å². The molecule has 0 radical (unpaired) electrons. The number of morpholine rings is 1. The SMILES string of the molecule is c1cncc(CN2Cc3ccnn3CC[C@H]2CN2CCOCC2)c1. The monoisotopic (exact) mass is 327 g/mol. The zero-order valence-corrected chi connectivity index (χ0v) is 14.0. The number of hydrogen-bond donors (Lipinski definition) is 0. The second-order valence-electron chi connectivity index (χ2n) is 6.67. The Morgan fingerprint density at radius 1 is 1.12 bits per heavy atom. The molecule has 0 aliphatic carbocycles. The van der Waals surface area contributed by atoms with Crippen LogP contribution in [0.5, 0.6) is 0 Å². The predicted molar refractivity (Wildman–Crippen MR) is 91.4 cm³/mol. The van der Waals surface area contributed by atoms with Gasteiger partial charge in [-0.1, -0.05) is 6.07 Å². The van der Waals surface area contributed by atoms with Crippen LogP contribution in [0.3, 0.4) is 0 Å². The molecule has 0 unspecified atom stereocenters. The summed E-state index contributed by atoms with van der Waals surface area (Å²) >= 11 is 0. The predicted octanol–water partition coefficient (Wildman–Crippen LogP) is 1.38. The Hall–Kier alpha value is -1.76. The topological polar surface area (TPSA) is 46.4 Å². The molecule has 4 rings (SSSR count). The third-order valence-corrected chi connectivity index (χ3v) is 5.04. The Bertz CT molecular complexity index is 638. The van der Waals surface area contributed by atoms with Crippen LogP contribution in [0.2, 0.25) is 0 Å². The van der Waals surface area contributed by atoms with Crippen molar-refractivity contribution in [1.29, 1.82) is 0 Å². The number of aryl methyl sites for hydroxylation is 1. The molecule has 24 heavy (non-hydrogen) atoms. The van der Waals surface area contributed by atoms with Crippen molar-refractivity contribution in [2.75, 3.05) is 32.8 Å². The van der Waals surface area contributed by atoms with Gasteiger partial charge in [-0.15, -0.1) is 0 Å². The van der Waals surface area contributed by atoms with Crippen LogP contribution in [0, 0.1) is 0 Å². The van der Waals surface area contributed by atoms with Gasteiger partial charge in [0.15, 0.2) is 0 Å². The molecule has 1 saturated heterocycles. The van der Waals surface area contributed by atoms with E-state index >= 15 is 0 Å². The Balaban J connectivity index is 1.51. The first kappa shape index (κ1) is 15.7. The van der Waals surface area contributed by atoms with E-state index in [4.69, 9.17) is 4.74 Å². The Labute approximate surface area is 143 Å². The average Bonchev–Trinajstić information content (AvgIpc) is 3.01. The molecule has 6 nitrogen and oxygen atoms in total. The maximum absolute atomic E-state index is 5.50. The van der Waals surface area contributed by atoms with Crippen molar-refractivity contribution in [1.82, 2.24) is 24.6 Å². The van der Waals surface area contributed by atoms with Gasteiger partial charge in [0.2, 0.25) is 0 Å². The molecule has 1 fully saturated rings. The quantitative estimate of drug-likeness (QED) is 0.849. The molecule has 2 aromatic heterocycles. The van der Waals surface area contributed by atoms with Crippen molar-refractivity contribution in [2.45, 2.75) is 32.1 Å². The van der Waals surface area contributed by atoms with E-state index in [-0.39, 0.29) is 0 Å². The first-order chi connectivity index (χ1) is 11.9. The van der Waals surface area contributed by atoms with Gasteiger partial charge in [0, 0.05) is 63.9 Å². The van der Waals surface area contributed by atoms with Crippen molar-refractivity contribution in [3.63, 3.8) is 0 Å². The summed E-state index contributed by atoms with van der Waals surface area (Å²) in [5.74, 6) is 0. The summed E-state index contributed by atoms with van der Waals surface area (Å²) in [6, 6.07) is 6.87. The molecule has 0 N–H and O–H groups in total. The lowest BCUT2D eigenvalue weighted by Crippen LogP contribution is -2.46. The molecule has 6 heteroatoms. The van der Waals surface area contributed by atoms with Crippen LogP contribution in [-0.4, -0.2) is 63.5 Å². The lowest BCUT2D eigenvalue weighted by molar-refractivity contribution is 0.0196. The number of fused-ring (bicyclic) bond motifs is 1. The van der Waals surface area contributed by atoms with Gasteiger partial charge in [-0.3, -0.25) is 19.5 Å². The lowest BCUT2D eigenvalue weighted by Gasteiger charge is -2.35. The largest absolute Gasteiger partial charge is 0.379 e. The van der Waals surface area contributed by atoms with E-state index in [1.54, 1.807) is 0 Å². The number of pyridine rings is 1. The molecule has 0 amide bonds. The molecular weight excluding hydrogens is 302 g/mol. The lowest BCUT2D eigenvalue weighted by atomic mass is 10.1. The van der Waals surface area contributed by atoms with Gasteiger partial charge < -0.3 is 4.74 Å². The Kier molecular flexibility index (Phi) is 4.87. The molecule has 2 aliphatic rings. The normalized spacial score (nSPS) is 22.9. The van der Waals surface area contributed by atoms with Crippen LogP contribution < -0.4 is 0 Å². The van der Waals surface area contributed by atoms with Crippen molar-refractivity contribution in [3.05, 3.63) is 48.0 Å². The fraction of sp³-hybridized carbons (Fsp3) is 0.556. The van der Waals surface area contributed by atoms with Crippen LogP contribution in [0.1, 0.15) is 17.7 Å². The fourth-order valence-electron chi connectivity index (χ4n) is 3.69. The molecule has 2 aliphatic heterocycles. The average molecular weight is 327 g/mol. The highest BCUT2D eigenvalue weighted by Crippen LogP contribution is 2.21. The minimum atomic E-state index is 0.532. The number of rotatable bonds is 4.